The van der Waals surface area contributed by atoms with Crippen molar-refractivity contribution in [2.45, 2.75) is 6.92 Å². The van der Waals surface area contributed by atoms with Crippen LogP contribution >= 0.6 is 11.6 Å². The minimum Gasteiger partial charge on any atom is -0.494 e. The van der Waals surface area contributed by atoms with Crippen LogP contribution in [0.5, 0.6) is 5.75 Å². The Balaban J connectivity index is 1.73. The SMILES string of the molecule is CCOc1ccc(C(=O)Nc2ccc(Cl)c(C(=O)Nc3ccccn3)c2)cc1. The molecule has 3 aromatic rings. The van der Waals surface area contributed by atoms with Crippen LogP contribution in [0.3, 0.4) is 0 Å². The largest absolute Gasteiger partial charge is 0.494 e. The van der Waals surface area contributed by atoms with Gasteiger partial charge in [0.15, 0.2) is 0 Å². The summed E-state index contributed by atoms with van der Waals surface area (Å²) in [7, 11) is 0. The number of carbonyl (C=O) groups is 2. The number of anilines is 2. The minimum absolute atomic E-state index is 0.233. The van der Waals surface area contributed by atoms with E-state index in [-0.39, 0.29) is 16.5 Å². The number of nitrogens with zero attached hydrogens (tertiary/aromatic N) is 1. The van der Waals surface area contributed by atoms with Crippen LogP contribution in [0, 0.1) is 0 Å². The normalized spacial score (nSPS) is 10.2. The molecule has 0 fully saturated rings. The van der Waals surface area contributed by atoms with E-state index in [9.17, 15) is 9.59 Å². The molecule has 28 heavy (non-hydrogen) atoms. The Labute approximate surface area is 167 Å². The molecule has 0 atom stereocenters. The van der Waals surface area contributed by atoms with Crippen LogP contribution in [-0.2, 0) is 0 Å². The number of aromatic nitrogens is 1. The van der Waals surface area contributed by atoms with Gasteiger partial charge in [-0.2, -0.15) is 0 Å². The highest BCUT2D eigenvalue weighted by molar-refractivity contribution is 6.34. The molecule has 2 N–H and O–H groups in total. The van der Waals surface area contributed by atoms with Gasteiger partial charge >= 0.3 is 0 Å². The van der Waals surface area contributed by atoms with E-state index in [1.54, 1.807) is 60.8 Å². The maximum absolute atomic E-state index is 12.5. The van der Waals surface area contributed by atoms with E-state index in [2.05, 4.69) is 15.6 Å². The number of nitrogens with one attached hydrogen (secondary N) is 2. The highest BCUT2D eigenvalue weighted by Gasteiger charge is 2.14. The van der Waals surface area contributed by atoms with Gasteiger partial charge < -0.3 is 15.4 Å². The molecule has 2 amide bonds. The summed E-state index contributed by atoms with van der Waals surface area (Å²) < 4.78 is 5.37. The zero-order valence-corrected chi connectivity index (χ0v) is 15.9. The van der Waals surface area contributed by atoms with Crippen molar-refractivity contribution in [2.75, 3.05) is 17.2 Å². The fraction of sp³-hybridized carbons (Fsp3) is 0.0952. The highest BCUT2D eigenvalue weighted by Crippen LogP contribution is 2.22. The molecule has 7 heteroatoms. The Morgan fingerprint density at radius 1 is 1.00 bits per heavy atom. The zero-order valence-electron chi connectivity index (χ0n) is 15.1. The number of hydrogen-bond donors (Lipinski definition) is 2. The summed E-state index contributed by atoms with van der Waals surface area (Å²) in [5, 5.41) is 5.70. The van der Waals surface area contributed by atoms with Crippen LogP contribution in [0.4, 0.5) is 11.5 Å². The fourth-order valence-corrected chi connectivity index (χ4v) is 2.67. The van der Waals surface area contributed by atoms with Gasteiger partial charge in [0, 0.05) is 17.4 Å². The van der Waals surface area contributed by atoms with Crippen molar-refractivity contribution >= 4 is 34.9 Å². The first-order valence-electron chi connectivity index (χ1n) is 8.63. The van der Waals surface area contributed by atoms with Crippen LogP contribution in [0.2, 0.25) is 5.02 Å². The molecule has 0 saturated carbocycles. The quantitative estimate of drug-likeness (QED) is 0.637. The average Bonchev–Trinajstić information content (AvgIpc) is 2.71. The van der Waals surface area contributed by atoms with E-state index in [0.29, 0.717) is 29.4 Å². The third-order valence-electron chi connectivity index (χ3n) is 3.80. The third-order valence-corrected chi connectivity index (χ3v) is 4.13. The van der Waals surface area contributed by atoms with Gasteiger partial charge in [-0.1, -0.05) is 17.7 Å². The predicted octanol–water partition coefficient (Wildman–Crippen LogP) is 4.64. The number of rotatable bonds is 6. The van der Waals surface area contributed by atoms with Gasteiger partial charge in [-0.15, -0.1) is 0 Å². The van der Waals surface area contributed by atoms with Gasteiger partial charge in [-0.05, 0) is 61.5 Å². The molecule has 0 aliphatic carbocycles. The van der Waals surface area contributed by atoms with E-state index in [0.717, 1.165) is 0 Å². The standard InChI is InChI=1S/C21H18ClN3O3/c1-2-28-16-9-6-14(7-10-16)20(26)24-15-8-11-18(22)17(13-15)21(27)25-19-5-3-4-12-23-19/h3-13H,2H2,1H3,(H,24,26)(H,23,25,27). The lowest BCUT2D eigenvalue weighted by molar-refractivity contribution is 0.101. The second-order valence-corrected chi connectivity index (χ2v) is 6.18. The van der Waals surface area contributed by atoms with Crippen molar-refractivity contribution < 1.29 is 14.3 Å². The Kier molecular flexibility index (Phi) is 6.24. The second kappa shape index (κ2) is 9.01. The van der Waals surface area contributed by atoms with Gasteiger partial charge in [-0.25, -0.2) is 4.98 Å². The first-order chi connectivity index (χ1) is 13.6. The molecule has 1 aromatic heterocycles. The summed E-state index contributed by atoms with van der Waals surface area (Å²) >= 11 is 6.15. The third kappa shape index (κ3) is 4.86. The minimum atomic E-state index is -0.416. The molecule has 0 radical (unpaired) electrons. The van der Waals surface area contributed by atoms with Gasteiger partial charge in [0.05, 0.1) is 17.2 Å². The van der Waals surface area contributed by atoms with Gasteiger partial charge in [0.1, 0.15) is 11.6 Å². The van der Waals surface area contributed by atoms with Crippen LogP contribution in [-0.4, -0.2) is 23.4 Å². The van der Waals surface area contributed by atoms with Crippen molar-refractivity contribution in [3.8, 4) is 5.75 Å². The summed E-state index contributed by atoms with van der Waals surface area (Å²) in [5.41, 5.74) is 1.16. The maximum atomic E-state index is 12.5. The van der Waals surface area contributed by atoms with Crippen molar-refractivity contribution in [1.82, 2.24) is 4.98 Å². The number of halogens is 1. The van der Waals surface area contributed by atoms with Crippen LogP contribution in [0.25, 0.3) is 0 Å². The zero-order chi connectivity index (χ0) is 19.9. The molecule has 1 heterocycles. The molecular weight excluding hydrogens is 378 g/mol. The molecule has 0 aliphatic rings. The molecule has 0 aliphatic heterocycles. The van der Waals surface area contributed by atoms with E-state index in [4.69, 9.17) is 16.3 Å². The molecule has 0 unspecified atom stereocenters. The lowest BCUT2D eigenvalue weighted by atomic mass is 10.1. The summed E-state index contributed by atoms with van der Waals surface area (Å²) in [6, 6.07) is 16.7. The Bertz CT molecular complexity index is 976. The van der Waals surface area contributed by atoms with Gasteiger partial charge in [0.2, 0.25) is 0 Å². The van der Waals surface area contributed by atoms with E-state index in [1.807, 2.05) is 6.92 Å². The van der Waals surface area contributed by atoms with E-state index < -0.39 is 5.91 Å². The monoisotopic (exact) mass is 395 g/mol. The molecule has 0 saturated heterocycles. The number of ether oxygens (including phenoxy) is 1. The molecule has 3 rings (SSSR count). The number of benzene rings is 2. The summed E-state index contributed by atoms with van der Waals surface area (Å²) in [5.74, 6) is 0.383. The number of carbonyl (C=O) groups excluding carboxylic acids is 2. The lowest BCUT2D eigenvalue weighted by Crippen LogP contribution is -2.15. The van der Waals surface area contributed by atoms with Crippen molar-refractivity contribution in [3.05, 3.63) is 83.0 Å². The van der Waals surface area contributed by atoms with Crippen molar-refractivity contribution in [3.63, 3.8) is 0 Å². The molecular formula is C21H18ClN3O3. The Hall–Kier alpha value is -3.38. The number of hydrogen-bond acceptors (Lipinski definition) is 4. The van der Waals surface area contributed by atoms with Crippen molar-refractivity contribution in [1.29, 1.82) is 0 Å². The van der Waals surface area contributed by atoms with E-state index >= 15 is 0 Å². The first-order valence-corrected chi connectivity index (χ1v) is 9.00. The molecule has 2 aromatic carbocycles. The first kappa shape index (κ1) is 19.4. The predicted molar refractivity (Wildman–Crippen MR) is 109 cm³/mol. The Morgan fingerprint density at radius 2 is 1.79 bits per heavy atom. The smallest absolute Gasteiger partial charge is 0.258 e. The number of amides is 2. The Morgan fingerprint density at radius 3 is 2.46 bits per heavy atom. The van der Waals surface area contributed by atoms with Gasteiger partial charge in [-0.3, -0.25) is 9.59 Å². The molecule has 142 valence electrons. The summed E-state index contributed by atoms with van der Waals surface area (Å²) in [6.45, 7) is 2.45. The highest BCUT2D eigenvalue weighted by atomic mass is 35.5. The summed E-state index contributed by atoms with van der Waals surface area (Å²) in [4.78, 5) is 29.0. The fourth-order valence-electron chi connectivity index (χ4n) is 2.47. The van der Waals surface area contributed by atoms with Crippen LogP contribution in [0.1, 0.15) is 27.6 Å². The second-order valence-electron chi connectivity index (χ2n) is 5.78. The number of pyridine rings is 1. The van der Waals surface area contributed by atoms with Crippen LogP contribution in [0.15, 0.2) is 66.9 Å². The van der Waals surface area contributed by atoms with E-state index in [1.165, 1.54) is 6.07 Å². The maximum Gasteiger partial charge on any atom is 0.258 e. The topological polar surface area (TPSA) is 80.3 Å². The molecule has 6 nitrogen and oxygen atoms in total. The summed E-state index contributed by atoms with van der Waals surface area (Å²) in [6.07, 6.45) is 1.57. The van der Waals surface area contributed by atoms with Crippen LogP contribution < -0.4 is 15.4 Å². The van der Waals surface area contributed by atoms with Crippen molar-refractivity contribution in [2.24, 2.45) is 0 Å². The molecule has 0 spiro atoms. The average molecular weight is 396 g/mol. The van der Waals surface area contributed by atoms with Gasteiger partial charge in [0.25, 0.3) is 11.8 Å². The molecule has 0 bridgehead atoms. The lowest BCUT2D eigenvalue weighted by Gasteiger charge is -2.10.